The summed E-state index contributed by atoms with van der Waals surface area (Å²) in [5.74, 6) is 0. The van der Waals surface area contributed by atoms with E-state index in [1.165, 1.54) is 0 Å². The van der Waals surface area contributed by atoms with Gasteiger partial charge in [-0.15, -0.1) is 0 Å². The normalized spacial score (nSPS) is 24.9. The van der Waals surface area contributed by atoms with E-state index in [1.54, 1.807) is 6.33 Å². The van der Waals surface area contributed by atoms with Gasteiger partial charge in [0.15, 0.2) is 0 Å². The summed E-state index contributed by atoms with van der Waals surface area (Å²) in [6.07, 6.45) is 3.31. The Morgan fingerprint density at radius 3 is 3.10 bits per heavy atom. The molecule has 1 aromatic heterocycles. The van der Waals surface area contributed by atoms with Gasteiger partial charge in [-0.1, -0.05) is 12.1 Å². The van der Waals surface area contributed by atoms with Gasteiger partial charge < -0.3 is 20.1 Å². The molecule has 2 heterocycles. The molecule has 1 unspecified atom stereocenters. The number of aliphatic hydroxyl groups is 2. The van der Waals surface area contributed by atoms with Crippen LogP contribution in [0.2, 0.25) is 0 Å². The Morgan fingerprint density at radius 2 is 2.25 bits per heavy atom. The molecule has 0 aliphatic carbocycles. The molecule has 1 aromatic carbocycles. The molecule has 0 bridgehead atoms. The van der Waals surface area contributed by atoms with Crippen molar-refractivity contribution < 1.29 is 10.2 Å². The molecule has 5 nitrogen and oxygen atoms in total. The first-order valence-electron chi connectivity index (χ1n) is 7.23. The number of hydrogen-bond acceptors (Lipinski definition) is 4. The molecule has 0 spiro atoms. The third-order valence-corrected chi connectivity index (χ3v) is 4.01. The first-order chi connectivity index (χ1) is 9.74. The van der Waals surface area contributed by atoms with Crippen LogP contribution in [0.1, 0.15) is 19.3 Å². The summed E-state index contributed by atoms with van der Waals surface area (Å²) in [6.45, 7) is 1.42. The largest absolute Gasteiger partial charge is 0.392 e. The Kier molecular flexibility index (Phi) is 4.00. The van der Waals surface area contributed by atoms with Crippen molar-refractivity contribution in [2.24, 2.45) is 0 Å². The number of para-hydroxylation sites is 2. The Labute approximate surface area is 118 Å². The highest BCUT2D eigenvalue weighted by molar-refractivity contribution is 5.74. The lowest BCUT2D eigenvalue weighted by Gasteiger charge is -2.30. The van der Waals surface area contributed by atoms with Gasteiger partial charge in [-0.2, -0.15) is 0 Å². The summed E-state index contributed by atoms with van der Waals surface area (Å²) in [5.41, 5.74) is 1.97. The van der Waals surface area contributed by atoms with E-state index in [0.29, 0.717) is 13.0 Å². The minimum atomic E-state index is -0.488. The van der Waals surface area contributed by atoms with Crippen LogP contribution in [-0.4, -0.2) is 44.6 Å². The Bertz CT molecular complexity index is 569. The quantitative estimate of drug-likeness (QED) is 0.775. The van der Waals surface area contributed by atoms with Gasteiger partial charge >= 0.3 is 0 Å². The number of aliphatic hydroxyl groups excluding tert-OH is 2. The van der Waals surface area contributed by atoms with Gasteiger partial charge in [-0.3, -0.25) is 0 Å². The van der Waals surface area contributed by atoms with Crippen molar-refractivity contribution in [3.8, 4) is 0 Å². The molecule has 0 amide bonds. The second kappa shape index (κ2) is 5.91. The molecular weight excluding hydrogens is 254 g/mol. The van der Waals surface area contributed by atoms with Gasteiger partial charge in [0.2, 0.25) is 0 Å². The number of imidazole rings is 1. The first-order valence-corrected chi connectivity index (χ1v) is 7.23. The fourth-order valence-corrected chi connectivity index (χ4v) is 2.93. The minimum Gasteiger partial charge on any atom is -0.392 e. The number of nitrogens with zero attached hydrogens (tertiary/aromatic N) is 2. The fourth-order valence-electron chi connectivity index (χ4n) is 2.93. The molecule has 3 atom stereocenters. The van der Waals surface area contributed by atoms with Crippen LogP contribution >= 0.6 is 0 Å². The fraction of sp³-hybridized carbons (Fsp3) is 0.533. The molecule has 20 heavy (non-hydrogen) atoms. The van der Waals surface area contributed by atoms with Crippen molar-refractivity contribution in [2.75, 3.05) is 6.54 Å². The van der Waals surface area contributed by atoms with Crippen LogP contribution in [-0.2, 0) is 6.54 Å². The summed E-state index contributed by atoms with van der Waals surface area (Å²) in [4.78, 5) is 4.32. The predicted octanol–water partition coefficient (Wildman–Crippen LogP) is 0.900. The average molecular weight is 275 g/mol. The number of benzene rings is 1. The van der Waals surface area contributed by atoms with Crippen LogP contribution in [0, 0.1) is 0 Å². The van der Waals surface area contributed by atoms with Crippen molar-refractivity contribution in [1.82, 2.24) is 14.9 Å². The summed E-state index contributed by atoms with van der Waals surface area (Å²) in [6, 6.07) is 7.89. The molecule has 1 saturated heterocycles. The maximum Gasteiger partial charge on any atom is 0.0959 e. The maximum atomic E-state index is 10.3. The van der Waals surface area contributed by atoms with Crippen molar-refractivity contribution >= 4 is 11.0 Å². The Morgan fingerprint density at radius 1 is 1.40 bits per heavy atom. The summed E-state index contributed by atoms with van der Waals surface area (Å²) in [5, 5.41) is 23.5. The highest BCUT2D eigenvalue weighted by atomic mass is 16.3. The maximum absolute atomic E-state index is 10.3. The monoisotopic (exact) mass is 275 g/mol. The van der Waals surface area contributed by atoms with E-state index in [4.69, 9.17) is 0 Å². The second-order valence-corrected chi connectivity index (χ2v) is 5.55. The van der Waals surface area contributed by atoms with Gasteiger partial charge in [0, 0.05) is 6.04 Å². The lowest BCUT2D eigenvalue weighted by atomic mass is 9.96. The summed E-state index contributed by atoms with van der Waals surface area (Å²) >= 11 is 0. The van der Waals surface area contributed by atoms with Gasteiger partial charge in [-0.25, -0.2) is 4.98 Å². The third-order valence-electron chi connectivity index (χ3n) is 4.01. The van der Waals surface area contributed by atoms with E-state index in [9.17, 15) is 10.2 Å². The highest BCUT2D eigenvalue weighted by Gasteiger charge is 2.25. The van der Waals surface area contributed by atoms with E-state index in [1.807, 2.05) is 28.8 Å². The zero-order chi connectivity index (χ0) is 13.9. The van der Waals surface area contributed by atoms with E-state index in [2.05, 4.69) is 10.3 Å². The highest BCUT2D eigenvalue weighted by Crippen LogP contribution is 2.16. The van der Waals surface area contributed by atoms with Crippen LogP contribution in [0.4, 0.5) is 0 Å². The SMILES string of the molecule is OC(C[C@H]1NCCC[C@@H]1O)Cn1cnc2ccccc21. The lowest BCUT2D eigenvalue weighted by Crippen LogP contribution is -2.46. The number of rotatable bonds is 4. The molecule has 1 aliphatic heterocycles. The number of nitrogens with one attached hydrogen (secondary N) is 1. The van der Waals surface area contributed by atoms with E-state index < -0.39 is 6.10 Å². The summed E-state index contributed by atoms with van der Waals surface area (Å²) < 4.78 is 1.97. The topological polar surface area (TPSA) is 70.3 Å². The van der Waals surface area contributed by atoms with Crippen molar-refractivity contribution in [1.29, 1.82) is 0 Å². The zero-order valence-electron chi connectivity index (χ0n) is 11.4. The van der Waals surface area contributed by atoms with E-state index >= 15 is 0 Å². The van der Waals surface area contributed by atoms with E-state index in [0.717, 1.165) is 30.4 Å². The average Bonchev–Trinajstić information content (AvgIpc) is 2.85. The lowest BCUT2D eigenvalue weighted by molar-refractivity contribution is 0.0547. The van der Waals surface area contributed by atoms with Crippen LogP contribution in [0.15, 0.2) is 30.6 Å². The van der Waals surface area contributed by atoms with Gasteiger partial charge in [-0.05, 0) is 37.9 Å². The molecule has 1 aliphatic rings. The number of hydrogen-bond donors (Lipinski definition) is 3. The van der Waals surface area contributed by atoms with Crippen molar-refractivity contribution in [3.05, 3.63) is 30.6 Å². The predicted molar refractivity (Wildman–Crippen MR) is 77.4 cm³/mol. The smallest absolute Gasteiger partial charge is 0.0959 e. The first kappa shape index (κ1) is 13.5. The van der Waals surface area contributed by atoms with Gasteiger partial charge in [0.1, 0.15) is 0 Å². The molecule has 108 valence electrons. The molecule has 1 fully saturated rings. The zero-order valence-corrected chi connectivity index (χ0v) is 11.4. The Hall–Kier alpha value is -1.43. The van der Waals surface area contributed by atoms with Crippen LogP contribution in [0.5, 0.6) is 0 Å². The second-order valence-electron chi connectivity index (χ2n) is 5.55. The van der Waals surface area contributed by atoms with Crippen molar-refractivity contribution in [2.45, 2.75) is 44.1 Å². The van der Waals surface area contributed by atoms with Gasteiger partial charge in [0.25, 0.3) is 0 Å². The molecular formula is C15H21N3O2. The molecule has 2 aromatic rings. The number of piperidine rings is 1. The molecule has 0 radical (unpaired) electrons. The molecule has 3 N–H and O–H groups in total. The molecule has 3 rings (SSSR count). The minimum absolute atomic E-state index is 0.00599. The summed E-state index contributed by atoms with van der Waals surface area (Å²) in [7, 11) is 0. The van der Waals surface area contributed by atoms with E-state index in [-0.39, 0.29) is 12.1 Å². The van der Waals surface area contributed by atoms with Crippen molar-refractivity contribution in [3.63, 3.8) is 0 Å². The van der Waals surface area contributed by atoms with Crippen LogP contribution in [0.25, 0.3) is 11.0 Å². The van der Waals surface area contributed by atoms with Crippen LogP contribution < -0.4 is 5.32 Å². The Balaban J connectivity index is 1.65. The number of aromatic nitrogens is 2. The van der Waals surface area contributed by atoms with Gasteiger partial charge in [0.05, 0.1) is 36.1 Å². The molecule has 5 heteroatoms. The third kappa shape index (κ3) is 2.85. The van der Waals surface area contributed by atoms with Crippen LogP contribution in [0.3, 0.4) is 0 Å². The number of fused-ring (bicyclic) bond motifs is 1. The molecule has 0 saturated carbocycles. The standard InChI is InChI=1S/C15H21N3O2/c19-11(8-13-15(20)6-3-7-16-13)9-18-10-17-12-4-1-2-5-14(12)18/h1-2,4-5,10-11,13,15-16,19-20H,3,6-9H2/t11?,13-,15+/m1/s1.